The molecule has 1 unspecified atom stereocenters. The van der Waals surface area contributed by atoms with E-state index in [-0.39, 0.29) is 24.2 Å². The predicted octanol–water partition coefficient (Wildman–Crippen LogP) is 6.72. The molecule has 4 atom stereocenters. The number of amides is 2. The van der Waals surface area contributed by atoms with Gasteiger partial charge in [-0.05, 0) is 48.7 Å². The maximum Gasteiger partial charge on any atom is 0.238 e. The number of hydrogen-bond acceptors (Lipinski definition) is 3. The first-order chi connectivity index (χ1) is 16.9. The molecule has 2 aromatic rings. The average Bonchev–Trinajstić information content (AvgIpc) is 3.10. The topological polar surface area (TPSA) is 67.4 Å². The number of carbonyl (C=O) groups excluding carboxylic acids is 2. The minimum absolute atomic E-state index is 0.106. The van der Waals surface area contributed by atoms with Crippen LogP contribution >= 0.6 is 23.2 Å². The summed E-state index contributed by atoms with van der Waals surface area (Å²) in [6.07, 6.45) is 0.828. The van der Waals surface area contributed by atoms with Crippen molar-refractivity contribution >= 4 is 48.8 Å². The Balaban J connectivity index is 0.000000392. The van der Waals surface area contributed by atoms with Gasteiger partial charge < -0.3 is 15.4 Å². The summed E-state index contributed by atoms with van der Waals surface area (Å²) in [7, 11) is 0.798. The number of hydrogen-bond donors (Lipinski definition) is 2. The van der Waals surface area contributed by atoms with E-state index in [1.54, 1.807) is 25.3 Å². The Morgan fingerprint density at radius 3 is 2.39 bits per heavy atom. The number of benzene rings is 2. The van der Waals surface area contributed by atoms with E-state index in [2.05, 4.69) is 43.8 Å². The van der Waals surface area contributed by atoms with Gasteiger partial charge in [0, 0.05) is 40.9 Å². The zero-order valence-corrected chi connectivity index (χ0v) is 24.4. The van der Waals surface area contributed by atoms with E-state index >= 15 is 0 Å². The summed E-state index contributed by atoms with van der Waals surface area (Å²) < 4.78 is 5.18. The molecule has 1 spiro atoms. The first-order valence-corrected chi connectivity index (χ1v) is 16.6. The van der Waals surface area contributed by atoms with Crippen molar-refractivity contribution in [3.05, 3.63) is 75.8 Å². The highest BCUT2D eigenvalue weighted by Gasteiger charge is 2.61. The molecule has 2 aliphatic heterocycles. The second-order valence-electron chi connectivity index (χ2n) is 10.6. The van der Waals surface area contributed by atoms with Crippen molar-refractivity contribution in [2.24, 2.45) is 0 Å². The molecule has 0 aliphatic carbocycles. The highest BCUT2D eigenvalue weighted by atomic mass is 35.5. The molecule has 4 rings (SSSR count). The maximum absolute atomic E-state index is 13.5. The van der Waals surface area contributed by atoms with Gasteiger partial charge in [-0.2, -0.15) is 0 Å². The standard InChI is InChI=1S/C22H20Cl2N2O2.C6H16OSi/c1-3-12(2)20-22(16-8-7-15(24)10-18(16)25-21(22)28)17(11-19(27)26-20)13-5-4-6-14(23)9-13;1-6(7-2)8(3,4)5/h4-10,17,20H,2-3,11H2,1H3,(H,25,28)(H,26,27);6H,1-5H3/t17-,20+,22-;/m0./s1. The molecule has 2 heterocycles. The number of nitrogens with one attached hydrogen (secondary N) is 2. The van der Waals surface area contributed by atoms with E-state index in [1.807, 2.05) is 31.2 Å². The molecule has 2 N–H and O–H groups in total. The van der Waals surface area contributed by atoms with Gasteiger partial charge in [0.25, 0.3) is 0 Å². The molecule has 36 heavy (non-hydrogen) atoms. The van der Waals surface area contributed by atoms with Gasteiger partial charge in [0.1, 0.15) is 5.41 Å². The number of fused-ring (bicyclic) bond motifs is 2. The van der Waals surface area contributed by atoms with Crippen molar-refractivity contribution < 1.29 is 14.3 Å². The number of piperidine rings is 1. The number of rotatable bonds is 5. The average molecular weight is 548 g/mol. The van der Waals surface area contributed by atoms with Crippen molar-refractivity contribution in [2.75, 3.05) is 12.4 Å². The molecule has 0 bridgehead atoms. The molecule has 2 aromatic carbocycles. The zero-order valence-electron chi connectivity index (χ0n) is 21.9. The molecular formula is C28H36Cl2N2O3Si. The van der Waals surface area contributed by atoms with Gasteiger partial charge in [-0.25, -0.2) is 0 Å². The van der Waals surface area contributed by atoms with Crippen molar-refractivity contribution in [1.82, 2.24) is 5.32 Å². The summed E-state index contributed by atoms with van der Waals surface area (Å²) in [5, 5.41) is 7.13. The first kappa shape index (κ1) is 28.4. The van der Waals surface area contributed by atoms with Crippen LogP contribution in [0.3, 0.4) is 0 Å². The molecule has 2 aliphatic rings. The van der Waals surface area contributed by atoms with Gasteiger partial charge in [-0.1, -0.05) is 80.1 Å². The fraction of sp³-hybridized carbons (Fsp3) is 0.429. The third-order valence-corrected chi connectivity index (χ3v) is 10.6. The normalized spacial score (nSPS) is 23.8. The molecule has 1 fully saturated rings. The van der Waals surface area contributed by atoms with E-state index in [1.165, 1.54) is 0 Å². The molecule has 2 amide bonds. The van der Waals surface area contributed by atoms with E-state index in [0.29, 0.717) is 27.9 Å². The maximum atomic E-state index is 13.5. The van der Waals surface area contributed by atoms with Crippen LogP contribution in [0.2, 0.25) is 29.7 Å². The quantitative estimate of drug-likeness (QED) is 0.323. The van der Waals surface area contributed by atoms with Gasteiger partial charge in [-0.15, -0.1) is 0 Å². The van der Waals surface area contributed by atoms with Crippen molar-refractivity contribution in [1.29, 1.82) is 0 Å². The van der Waals surface area contributed by atoms with Crippen LogP contribution in [-0.2, 0) is 19.7 Å². The van der Waals surface area contributed by atoms with Crippen LogP contribution in [-0.4, -0.2) is 38.8 Å². The monoisotopic (exact) mass is 546 g/mol. The third-order valence-electron chi connectivity index (χ3n) is 7.44. The largest absolute Gasteiger partial charge is 0.385 e. The second-order valence-corrected chi connectivity index (χ2v) is 17.0. The van der Waals surface area contributed by atoms with Crippen LogP contribution in [0.4, 0.5) is 5.69 Å². The lowest BCUT2D eigenvalue weighted by Gasteiger charge is -2.47. The first-order valence-electron chi connectivity index (χ1n) is 12.2. The number of halogens is 2. The van der Waals surface area contributed by atoms with E-state index in [4.69, 9.17) is 27.9 Å². The third kappa shape index (κ3) is 5.42. The summed E-state index contributed by atoms with van der Waals surface area (Å²) in [6.45, 7) is 15.2. The molecule has 0 saturated carbocycles. The predicted molar refractivity (Wildman–Crippen MR) is 152 cm³/mol. The Hall–Kier alpha value is -2.12. The van der Waals surface area contributed by atoms with E-state index in [0.717, 1.165) is 16.7 Å². The summed E-state index contributed by atoms with van der Waals surface area (Å²) in [6, 6.07) is 12.3. The Bertz CT molecular complexity index is 1160. The van der Waals surface area contributed by atoms with Crippen LogP contribution in [0.25, 0.3) is 0 Å². The lowest BCUT2D eigenvalue weighted by Crippen LogP contribution is -2.62. The Labute approximate surface area is 225 Å². The van der Waals surface area contributed by atoms with Gasteiger partial charge in [0.15, 0.2) is 0 Å². The Morgan fingerprint density at radius 1 is 1.17 bits per heavy atom. The van der Waals surface area contributed by atoms with Crippen molar-refractivity contribution in [2.45, 2.75) is 69.4 Å². The van der Waals surface area contributed by atoms with Crippen LogP contribution in [0, 0.1) is 0 Å². The summed E-state index contributed by atoms with van der Waals surface area (Å²) in [5.41, 5.74) is 2.64. The van der Waals surface area contributed by atoms with Crippen LogP contribution in [0.5, 0.6) is 0 Å². The van der Waals surface area contributed by atoms with Gasteiger partial charge in [-0.3, -0.25) is 9.59 Å². The fourth-order valence-corrected chi connectivity index (χ4v) is 6.01. The van der Waals surface area contributed by atoms with Crippen LogP contribution in [0.15, 0.2) is 54.6 Å². The van der Waals surface area contributed by atoms with Gasteiger partial charge in [0.05, 0.1) is 14.1 Å². The Kier molecular flexibility index (Phi) is 8.77. The summed E-state index contributed by atoms with van der Waals surface area (Å²) >= 11 is 12.4. The minimum Gasteiger partial charge on any atom is -0.385 e. The van der Waals surface area contributed by atoms with Gasteiger partial charge >= 0.3 is 0 Å². The number of ether oxygens (including phenoxy) is 1. The number of carbonyl (C=O) groups is 2. The molecule has 0 radical (unpaired) electrons. The van der Waals surface area contributed by atoms with Crippen molar-refractivity contribution in [3.63, 3.8) is 0 Å². The zero-order chi connectivity index (χ0) is 26.8. The molecule has 194 valence electrons. The summed E-state index contributed by atoms with van der Waals surface area (Å²) in [5.74, 6) is -0.643. The smallest absolute Gasteiger partial charge is 0.238 e. The fourth-order valence-electron chi connectivity index (χ4n) is 4.93. The lowest BCUT2D eigenvalue weighted by molar-refractivity contribution is -0.130. The summed E-state index contributed by atoms with van der Waals surface area (Å²) in [4.78, 5) is 26.2. The van der Waals surface area contributed by atoms with E-state index in [9.17, 15) is 9.59 Å². The lowest BCUT2D eigenvalue weighted by atomic mass is 9.59. The molecular weight excluding hydrogens is 511 g/mol. The molecule has 1 saturated heterocycles. The van der Waals surface area contributed by atoms with Crippen molar-refractivity contribution in [3.8, 4) is 0 Å². The second kappa shape index (κ2) is 11.1. The van der Waals surface area contributed by atoms with Gasteiger partial charge in [0.2, 0.25) is 11.8 Å². The SMILES string of the molecule is C=C(CC)[C@H]1NC(=O)C[C@@H](c2cccc(Cl)c2)[C@]12C(=O)Nc1cc(Cl)ccc12.COC(C)[Si](C)(C)C. The number of anilines is 1. The molecule has 5 nitrogen and oxygen atoms in total. The highest BCUT2D eigenvalue weighted by molar-refractivity contribution is 6.77. The van der Waals surface area contributed by atoms with Crippen LogP contribution < -0.4 is 10.6 Å². The minimum atomic E-state index is -1.01. The molecule has 0 aromatic heterocycles. The highest BCUT2D eigenvalue weighted by Crippen LogP contribution is 2.54. The van der Waals surface area contributed by atoms with E-state index < -0.39 is 19.5 Å². The molecule has 8 heteroatoms. The number of methoxy groups -OCH3 is 1. The Morgan fingerprint density at radius 2 is 1.83 bits per heavy atom. The van der Waals surface area contributed by atoms with Crippen LogP contribution in [0.1, 0.15) is 43.7 Å².